The summed E-state index contributed by atoms with van der Waals surface area (Å²) in [6.07, 6.45) is 1.04. The number of benzene rings is 1. The maximum absolute atomic E-state index is 12.6. The highest BCUT2D eigenvalue weighted by atomic mass is 19.2. The van der Waals surface area contributed by atoms with Crippen LogP contribution in [0.15, 0.2) is 30.9 Å². The molecule has 1 aromatic rings. The molecule has 0 aromatic heterocycles. The summed E-state index contributed by atoms with van der Waals surface area (Å²) in [6, 6.07) is 3.10. The molecule has 68 valence electrons. The van der Waals surface area contributed by atoms with E-state index in [1.54, 1.807) is 0 Å². The zero-order chi connectivity index (χ0) is 9.84. The number of nitrogens with one attached hydrogen (secondary N) is 1. The molecule has 4 heteroatoms. The number of carbonyl (C=O) groups excluding carboxylic acids is 1. The van der Waals surface area contributed by atoms with E-state index in [0.717, 1.165) is 18.2 Å². The quantitative estimate of drug-likeness (QED) is 0.699. The summed E-state index contributed by atoms with van der Waals surface area (Å²) in [5, 5.41) is 2.30. The van der Waals surface area contributed by atoms with Crippen molar-refractivity contribution in [2.24, 2.45) is 0 Å². The molecule has 0 atom stereocenters. The molecule has 1 amide bonds. The normalized spacial score (nSPS) is 9.38. The third-order valence-corrected chi connectivity index (χ3v) is 1.37. The van der Waals surface area contributed by atoms with Crippen LogP contribution in [0.2, 0.25) is 0 Å². The van der Waals surface area contributed by atoms with Gasteiger partial charge in [-0.15, -0.1) is 0 Å². The van der Waals surface area contributed by atoms with Gasteiger partial charge in [-0.25, -0.2) is 8.78 Å². The van der Waals surface area contributed by atoms with Crippen molar-refractivity contribution in [3.63, 3.8) is 0 Å². The summed E-state index contributed by atoms with van der Waals surface area (Å²) in [7, 11) is 0. The minimum absolute atomic E-state index is 0.198. The van der Waals surface area contributed by atoms with Crippen LogP contribution in [-0.2, 0) is 4.79 Å². The average molecular weight is 183 g/mol. The molecule has 0 bridgehead atoms. The van der Waals surface area contributed by atoms with E-state index in [1.807, 2.05) is 0 Å². The molecule has 0 aliphatic rings. The van der Waals surface area contributed by atoms with Crippen molar-refractivity contribution in [1.29, 1.82) is 0 Å². The smallest absolute Gasteiger partial charge is 0.247 e. The lowest BCUT2D eigenvalue weighted by molar-refractivity contribution is -0.111. The Hall–Kier alpha value is -1.71. The summed E-state index contributed by atoms with van der Waals surface area (Å²) in [4.78, 5) is 10.7. The first-order chi connectivity index (χ1) is 6.13. The molecule has 0 aliphatic carbocycles. The second kappa shape index (κ2) is 3.80. The zero-order valence-electron chi connectivity index (χ0n) is 6.68. The van der Waals surface area contributed by atoms with Gasteiger partial charge in [-0.1, -0.05) is 6.58 Å². The van der Waals surface area contributed by atoms with Crippen LogP contribution in [0, 0.1) is 11.6 Å². The van der Waals surface area contributed by atoms with E-state index in [1.165, 1.54) is 6.07 Å². The number of hydrogen-bond donors (Lipinski definition) is 1. The van der Waals surface area contributed by atoms with Gasteiger partial charge < -0.3 is 5.32 Å². The first-order valence-corrected chi connectivity index (χ1v) is 3.52. The Labute approximate surface area is 73.9 Å². The van der Waals surface area contributed by atoms with Gasteiger partial charge in [0.15, 0.2) is 11.6 Å². The van der Waals surface area contributed by atoms with Gasteiger partial charge in [0.05, 0.1) is 0 Å². The summed E-state index contributed by atoms with van der Waals surface area (Å²) in [5.41, 5.74) is 0.198. The second-order valence-corrected chi connectivity index (χ2v) is 2.32. The van der Waals surface area contributed by atoms with Gasteiger partial charge in [-0.3, -0.25) is 4.79 Å². The van der Waals surface area contributed by atoms with Gasteiger partial charge in [0.25, 0.3) is 0 Å². The van der Waals surface area contributed by atoms with Gasteiger partial charge in [0.1, 0.15) is 0 Å². The van der Waals surface area contributed by atoms with Crippen LogP contribution in [0.25, 0.3) is 0 Å². The van der Waals surface area contributed by atoms with Crippen molar-refractivity contribution in [3.8, 4) is 0 Å². The number of carbonyl (C=O) groups is 1. The fraction of sp³-hybridized carbons (Fsp3) is 0. The van der Waals surface area contributed by atoms with Gasteiger partial charge in [0.2, 0.25) is 5.91 Å². The number of rotatable bonds is 2. The molecule has 0 aliphatic heterocycles. The van der Waals surface area contributed by atoms with Crippen LogP contribution in [0.4, 0.5) is 14.5 Å². The molecule has 0 unspecified atom stereocenters. The lowest BCUT2D eigenvalue weighted by Gasteiger charge is -2.01. The average Bonchev–Trinajstić information content (AvgIpc) is 2.11. The molecule has 0 fully saturated rings. The SMILES string of the molecule is C=CC(=O)Nc1ccc(F)c(F)c1. The third kappa shape index (κ3) is 2.37. The van der Waals surface area contributed by atoms with Gasteiger partial charge in [-0.2, -0.15) is 0 Å². The molecule has 1 rings (SSSR count). The molecule has 0 heterocycles. The van der Waals surface area contributed by atoms with E-state index < -0.39 is 17.5 Å². The standard InChI is InChI=1S/C9H7F2NO/c1-2-9(13)12-6-3-4-7(10)8(11)5-6/h2-5H,1H2,(H,12,13). The molecule has 0 spiro atoms. The molecule has 0 saturated heterocycles. The Balaban J connectivity index is 2.85. The Bertz CT molecular complexity index is 349. The Morgan fingerprint density at radius 2 is 2.08 bits per heavy atom. The van der Waals surface area contributed by atoms with E-state index >= 15 is 0 Å². The highest BCUT2D eigenvalue weighted by molar-refractivity contribution is 5.98. The summed E-state index contributed by atoms with van der Waals surface area (Å²) in [5.74, 6) is -2.41. The maximum atomic E-state index is 12.6. The predicted octanol–water partition coefficient (Wildman–Crippen LogP) is 2.09. The van der Waals surface area contributed by atoms with E-state index in [0.29, 0.717) is 0 Å². The van der Waals surface area contributed by atoms with Crippen LogP contribution >= 0.6 is 0 Å². The lowest BCUT2D eigenvalue weighted by atomic mass is 10.3. The number of halogens is 2. The molecule has 1 N–H and O–H groups in total. The largest absolute Gasteiger partial charge is 0.322 e. The van der Waals surface area contributed by atoms with Crippen LogP contribution in [0.3, 0.4) is 0 Å². The molecule has 2 nitrogen and oxygen atoms in total. The first kappa shape index (κ1) is 9.38. The fourth-order valence-corrected chi connectivity index (χ4v) is 0.767. The minimum Gasteiger partial charge on any atom is -0.322 e. The second-order valence-electron chi connectivity index (χ2n) is 2.32. The molecule has 0 saturated carbocycles. The Morgan fingerprint density at radius 3 is 2.62 bits per heavy atom. The van der Waals surface area contributed by atoms with Crippen molar-refractivity contribution in [2.45, 2.75) is 0 Å². The van der Waals surface area contributed by atoms with Crippen LogP contribution in [-0.4, -0.2) is 5.91 Å². The van der Waals surface area contributed by atoms with Gasteiger partial charge in [-0.05, 0) is 18.2 Å². The van der Waals surface area contributed by atoms with Gasteiger partial charge >= 0.3 is 0 Å². The topological polar surface area (TPSA) is 29.1 Å². The summed E-state index contributed by atoms with van der Waals surface area (Å²) < 4.78 is 25.0. The van der Waals surface area contributed by atoms with E-state index in [4.69, 9.17) is 0 Å². The van der Waals surface area contributed by atoms with Crippen LogP contribution in [0.5, 0.6) is 0 Å². The first-order valence-electron chi connectivity index (χ1n) is 3.52. The van der Waals surface area contributed by atoms with Crippen LogP contribution in [0.1, 0.15) is 0 Å². The number of hydrogen-bond acceptors (Lipinski definition) is 1. The Kier molecular flexibility index (Phi) is 2.74. The van der Waals surface area contributed by atoms with E-state index in [9.17, 15) is 13.6 Å². The monoisotopic (exact) mass is 183 g/mol. The number of amides is 1. The van der Waals surface area contributed by atoms with Crippen molar-refractivity contribution >= 4 is 11.6 Å². The fourth-order valence-electron chi connectivity index (χ4n) is 0.767. The predicted molar refractivity (Wildman–Crippen MR) is 45.2 cm³/mol. The maximum Gasteiger partial charge on any atom is 0.247 e. The number of anilines is 1. The third-order valence-electron chi connectivity index (χ3n) is 1.37. The Morgan fingerprint density at radius 1 is 1.38 bits per heavy atom. The lowest BCUT2D eigenvalue weighted by Crippen LogP contribution is -2.07. The van der Waals surface area contributed by atoms with Crippen molar-refractivity contribution < 1.29 is 13.6 Å². The summed E-state index contributed by atoms with van der Waals surface area (Å²) in [6.45, 7) is 3.22. The molecule has 1 aromatic carbocycles. The molecular weight excluding hydrogens is 176 g/mol. The molecule has 0 radical (unpaired) electrons. The van der Waals surface area contributed by atoms with Crippen molar-refractivity contribution in [1.82, 2.24) is 0 Å². The van der Waals surface area contributed by atoms with Crippen molar-refractivity contribution in [2.75, 3.05) is 5.32 Å². The summed E-state index contributed by atoms with van der Waals surface area (Å²) >= 11 is 0. The molecular formula is C9H7F2NO. The van der Waals surface area contributed by atoms with E-state index in [2.05, 4.69) is 11.9 Å². The molecule has 13 heavy (non-hydrogen) atoms. The van der Waals surface area contributed by atoms with Crippen molar-refractivity contribution in [3.05, 3.63) is 42.5 Å². The zero-order valence-corrected chi connectivity index (χ0v) is 6.68. The highest BCUT2D eigenvalue weighted by Gasteiger charge is 2.03. The highest BCUT2D eigenvalue weighted by Crippen LogP contribution is 2.12. The van der Waals surface area contributed by atoms with Crippen LogP contribution < -0.4 is 5.32 Å². The van der Waals surface area contributed by atoms with Gasteiger partial charge in [0, 0.05) is 11.8 Å². The minimum atomic E-state index is -0.998. The van der Waals surface area contributed by atoms with E-state index in [-0.39, 0.29) is 5.69 Å².